The van der Waals surface area contributed by atoms with E-state index < -0.39 is 6.61 Å². The Morgan fingerprint density at radius 1 is 1.10 bits per heavy atom. The van der Waals surface area contributed by atoms with Crippen molar-refractivity contribution in [3.8, 4) is 11.5 Å². The smallest absolute Gasteiger partial charge is 0.387 e. The van der Waals surface area contributed by atoms with Crippen molar-refractivity contribution >= 4 is 17.7 Å². The van der Waals surface area contributed by atoms with Crippen molar-refractivity contribution in [2.75, 3.05) is 14.2 Å². The Kier molecular flexibility index (Phi) is 7.24. The topological polar surface area (TPSA) is 51.7 Å². The monoisotopic (exact) mass is 430 g/mol. The highest BCUT2D eigenvalue weighted by Gasteiger charge is 2.19. The lowest BCUT2D eigenvalue weighted by molar-refractivity contribution is -0.0512. The molecule has 0 atom stereocenters. The van der Waals surface area contributed by atoms with Crippen LogP contribution in [0.15, 0.2) is 76.8 Å². The zero-order valence-electron chi connectivity index (χ0n) is 16.4. The third-order valence-electron chi connectivity index (χ3n) is 4.17. The molecule has 0 N–H and O–H groups in total. The molecule has 0 aliphatic rings. The van der Waals surface area contributed by atoms with E-state index in [0.29, 0.717) is 16.2 Å². The molecule has 1 amide bonds. The number of hydrogen-bond acceptors (Lipinski definition) is 5. The lowest BCUT2D eigenvalue weighted by Crippen LogP contribution is -2.27. The zero-order valence-corrected chi connectivity index (χ0v) is 17.2. The van der Waals surface area contributed by atoms with Gasteiger partial charge in [-0.3, -0.25) is 4.79 Å². The summed E-state index contributed by atoms with van der Waals surface area (Å²) in [6.07, 6.45) is 1.65. The number of nitrogens with zero attached hydrogens (tertiary/aromatic N) is 2. The fourth-order valence-corrected chi connectivity index (χ4v) is 3.69. The first-order valence-corrected chi connectivity index (χ1v) is 9.84. The molecule has 5 nitrogen and oxygen atoms in total. The van der Waals surface area contributed by atoms with Gasteiger partial charge in [0.1, 0.15) is 5.03 Å². The number of methoxy groups -OCH3 is 1. The van der Waals surface area contributed by atoms with Gasteiger partial charge in [0.15, 0.2) is 11.5 Å². The molecule has 1 heterocycles. The van der Waals surface area contributed by atoms with Gasteiger partial charge in [0.25, 0.3) is 5.91 Å². The van der Waals surface area contributed by atoms with Crippen molar-refractivity contribution in [3.05, 3.63) is 78.0 Å². The number of halogens is 2. The number of rotatable bonds is 8. The van der Waals surface area contributed by atoms with Gasteiger partial charge in [-0.25, -0.2) is 4.98 Å². The molecule has 156 valence electrons. The average molecular weight is 430 g/mol. The summed E-state index contributed by atoms with van der Waals surface area (Å²) in [4.78, 5) is 19.9. The van der Waals surface area contributed by atoms with Crippen LogP contribution < -0.4 is 9.47 Å². The van der Waals surface area contributed by atoms with Gasteiger partial charge < -0.3 is 14.4 Å². The lowest BCUT2D eigenvalue weighted by Gasteiger charge is -2.19. The number of benzene rings is 2. The van der Waals surface area contributed by atoms with Gasteiger partial charge in [0.05, 0.1) is 12.7 Å². The van der Waals surface area contributed by atoms with Crippen LogP contribution in [-0.4, -0.2) is 36.6 Å². The summed E-state index contributed by atoms with van der Waals surface area (Å²) in [5.41, 5.74) is 1.20. The third kappa shape index (κ3) is 5.48. The SMILES string of the molecule is COc1cc(CN(C)C(=O)c2cccnc2Sc2ccccc2)ccc1OC(F)F. The van der Waals surface area contributed by atoms with Crippen molar-refractivity contribution in [1.82, 2.24) is 9.88 Å². The molecule has 0 aliphatic heterocycles. The van der Waals surface area contributed by atoms with E-state index in [1.807, 2.05) is 30.3 Å². The fourth-order valence-electron chi connectivity index (χ4n) is 2.79. The van der Waals surface area contributed by atoms with Crippen LogP contribution in [0.4, 0.5) is 8.78 Å². The van der Waals surface area contributed by atoms with E-state index in [-0.39, 0.29) is 24.0 Å². The van der Waals surface area contributed by atoms with Gasteiger partial charge in [0.2, 0.25) is 0 Å². The maximum absolute atomic E-state index is 13.0. The largest absolute Gasteiger partial charge is 0.493 e. The molecule has 0 spiro atoms. The highest BCUT2D eigenvalue weighted by molar-refractivity contribution is 7.99. The quantitative estimate of drug-likeness (QED) is 0.497. The maximum Gasteiger partial charge on any atom is 0.387 e. The Hall–Kier alpha value is -3.13. The molecule has 2 aromatic carbocycles. The number of amides is 1. The lowest BCUT2D eigenvalue weighted by atomic mass is 10.1. The van der Waals surface area contributed by atoms with Gasteiger partial charge in [-0.15, -0.1) is 0 Å². The third-order valence-corrected chi connectivity index (χ3v) is 5.20. The molecule has 0 unspecified atom stereocenters. The number of carbonyl (C=O) groups excluding carboxylic acids is 1. The molecule has 0 aliphatic carbocycles. The number of aromatic nitrogens is 1. The van der Waals surface area contributed by atoms with Crippen LogP contribution in [0.2, 0.25) is 0 Å². The summed E-state index contributed by atoms with van der Waals surface area (Å²) in [5.74, 6) is -0.0807. The highest BCUT2D eigenvalue weighted by atomic mass is 32.2. The first kappa shape index (κ1) is 21.6. The van der Waals surface area contributed by atoms with Crippen molar-refractivity contribution < 1.29 is 23.0 Å². The van der Waals surface area contributed by atoms with Crippen LogP contribution in [0.25, 0.3) is 0 Å². The number of pyridine rings is 1. The number of alkyl halides is 2. The first-order valence-electron chi connectivity index (χ1n) is 9.03. The summed E-state index contributed by atoms with van der Waals surface area (Å²) in [6.45, 7) is -2.69. The molecule has 0 fully saturated rings. The van der Waals surface area contributed by atoms with Crippen LogP contribution >= 0.6 is 11.8 Å². The highest BCUT2D eigenvalue weighted by Crippen LogP contribution is 2.31. The average Bonchev–Trinajstić information content (AvgIpc) is 2.75. The molecule has 3 aromatic rings. The Balaban J connectivity index is 1.77. The van der Waals surface area contributed by atoms with E-state index in [2.05, 4.69) is 9.72 Å². The molecule has 0 saturated heterocycles. The van der Waals surface area contributed by atoms with Gasteiger partial charge in [-0.05, 0) is 42.0 Å². The second-order valence-corrected chi connectivity index (χ2v) is 7.36. The minimum atomic E-state index is -2.94. The van der Waals surface area contributed by atoms with Gasteiger partial charge in [-0.2, -0.15) is 8.78 Å². The van der Waals surface area contributed by atoms with Crippen molar-refractivity contribution in [3.63, 3.8) is 0 Å². The van der Waals surface area contributed by atoms with Crippen LogP contribution in [0.5, 0.6) is 11.5 Å². The Morgan fingerprint density at radius 3 is 2.57 bits per heavy atom. The summed E-state index contributed by atoms with van der Waals surface area (Å²) in [7, 11) is 3.04. The van der Waals surface area contributed by atoms with E-state index in [1.165, 1.54) is 29.8 Å². The second kappa shape index (κ2) is 10.1. The molecule has 0 radical (unpaired) electrons. The number of hydrogen-bond donors (Lipinski definition) is 0. The number of ether oxygens (including phenoxy) is 2. The predicted molar refractivity (Wildman–Crippen MR) is 110 cm³/mol. The predicted octanol–water partition coefficient (Wildman–Crippen LogP) is 5.12. The molecule has 0 saturated carbocycles. The van der Waals surface area contributed by atoms with Crippen molar-refractivity contribution in [2.24, 2.45) is 0 Å². The maximum atomic E-state index is 13.0. The van der Waals surface area contributed by atoms with E-state index in [4.69, 9.17) is 4.74 Å². The van der Waals surface area contributed by atoms with Gasteiger partial charge in [0, 0.05) is 24.7 Å². The minimum Gasteiger partial charge on any atom is -0.493 e. The molecule has 8 heteroatoms. The summed E-state index contributed by atoms with van der Waals surface area (Å²) >= 11 is 1.41. The van der Waals surface area contributed by atoms with Crippen molar-refractivity contribution in [2.45, 2.75) is 23.1 Å². The number of carbonyl (C=O) groups is 1. The standard InChI is InChI=1S/C22H20F2N2O3S/c1-26(14-15-10-11-18(29-22(23)24)19(13-15)28-2)21(27)17-9-6-12-25-20(17)30-16-7-4-3-5-8-16/h3-13,22H,14H2,1-2H3. The molecule has 0 bridgehead atoms. The Morgan fingerprint density at radius 2 is 1.87 bits per heavy atom. The molecule has 30 heavy (non-hydrogen) atoms. The van der Waals surface area contributed by atoms with E-state index in [9.17, 15) is 13.6 Å². The van der Waals surface area contributed by atoms with Crippen LogP contribution in [0.3, 0.4) is 0 Å². The van der Waals surface area contributed by atoms with E-state index >= 15 is 0 Å². The van der Waals surface area contributed by atoms with E-state index in [0.717, 1.165) is 4.90 Å². The second-order valence-electron chi connectivity index (χ2n) is 6.30. The Bertz CT molecular complexity index is 1000. The summed E-state index contributed by atoms with van der Waals surface area (Å²) in [5, 5.41) is 0.610. The summed E-state index contributed by atoms with van der Waals surface area (Å²) < 4.78 is 34.6. The van der Waals surface area contributed by atoms with Gasteiger partial charge in [-0.1, -0.05) is 36.0 Å². The van der Waals surface area contributed by atoms with Crippen LogP contribution in [-0.2, 0) is 6.54 Å². The fraction of sp³-hybridized carbons (Fsp3) is 0.182. The molecular weight excluding hydrogens is 410 g/mol. The summed E-state index contributed by atoms with van der Waals surface area (Å²) in [6, 6.07) is 17.7. The zero-order chi connectivity index (χ0) is 21.5. The van der Waals surface area contributed by atoms with Crippen LogP contribution in [0, 0.1) is 0 Å². The van der Waals surface area contributed by atoms with E-state index in [1.54, 1.807) is 37.5 Å². The first-order chi connectivity index (χ1) is 14.5. The molecular formula is C22H20F2N2O3S. The van der Waals surface area contributed by atoms with Crippen molar-refractivity contribution in [1.29, 1.82) is 0 Å². The van der Waals surface area contributed by atoms with Gasteiger partial charge >= 0.3 is 6.61 Å². The molecule has 3 rings (SSSR count). The normalized spacial score (nSPS) is 10.7. The Labute approximate surface area is 177 Å². The minimum absolute atomic E-state index is 0.0564. The molecule has 1 aromatic heterocycles. The van der Waals surface area contributed by atoms with Crippen LogP contribution in [0.1, 0.15) is 15.9 Å².